The molecular weight excluding hydrogens is 340 g/mol. The fourth-order valence-corrected chi connectivity index (χ4v) is 3.15. The van der Waals surface area contributed by atoms with E-state index >= 15 is 0 Å². The van der Waals surface area contributed by atoms with Gasteiger partial charge in [-0.05, 0) is 35.7 Å². The summed E-state index contributed by atoms with van der Waals surface area (Å²) in [6.07, 6.45) is 0.241. The molecule has 26 heavy (non-hydrogen) atoms. The second kappa shape index (κ2) is 7.23. The lowest BCUT2D eigenvalue weighted by Crippen LogP contribution is -2.31. The molecule has 4 nitrogen and oxygen atoms in total. The van der Waals surface area contributed by atoms with Crippen molar-refractivity contribution in [1.29, 1.82) is 0 Å². The van der Waals surface area contributed by atoms with Crippen molar-refractivity contribution in [3.8, 4) is 5.75 Å². The molecule has 1 aliphatic rings. The monoisotopic (exact) mass is 359 g/mol. The van der Waals surface area contributed by atoms with Crippen molar-refractivity contribution in [2.24, 2.45) is 0 Å². The van der Waals surface area contributed by atoms with Crippen LogP contribution >= 0.6 is 0 Å². The van der Waals surface area contributed by atoms with Crippen LogP contribution in [0.5, 0.6) is 5.75 Å². The van der Waals surface area contributed by atoms with Gasteiger partial charge in [0.25, 0.3) is 5.91 Å². The van der Waals surface area contributed by atoms with Crippen LogP contribution in [0.15, 0.2) is 36.4 Å². The highest BCUT2D eigenvalue weighted by molar-refractivity contribution is 6.03. The lowest BCUT2D eigenvalue weighted by molar-refractivity contribution is -0.132. The lowest BCUT2D eigenvalue weighted by atomic mass is 10.0. The van der Waals surface area contributed by atoms with Crippen LogP contribution in [0.1, 0.15) is 40.7 Å². The number of carbonyl (C=O) groups excluding carboxylic acids is 2. The molecule has 1 aliphatic carbocycles. The van der Waals surface area contributed by atoms with Crippen LogP contribution in [0.3, 0.4) is 0 Å². The van der Waals surface area contributed by atoms with E-state index in [2.05, 4.69) is 0 Å². The Hall–Kier alpha value is -2.76. The first-order valence-electron chi connectivity index (χ1n) is 8.33. The van der Waals surface area contributed by atoms with Crippen LogP contribution in [0.4, 0.5) is 8.78 Å². The first-order valence-corrected chi connectivity index (χ1v) is 8.33. The Balaban J connectivity index is 1.67. The summed E-state index contributed by atoms with van der Waals surface area (Å²) in [5, 5.41) is 0. The summed E-state index contributed by atoms with van der Waals surface area (Å²) in [5.41, 5.74) is 1.39. The molecule has 0 bridgehead atoms. The number of hydrogen-bond acceptors (Lipinski definition) is 3. The van der Waals surface area contributed by atoms with E-state index in [1.54, 1.807) is 26.1 Å². The number of Topliss-reactive ketones (excluding diaryl/α,β-unsaturated/α-hetero) is 1. The first kappa shape index (κ1) is 18.0. The average molecular weight is 359 g/mol. The van der Waals surface area contributed by atoms with E-state index in [-0.39, 0.29) is 47.8 Å². The van der Waals surface area contributed by atoms with Gasteiger partial charge in [-0.15, -0.1) is 0 Å². The van der Waals surface area contributed by atoms with Gasteiger partial charge in [-0.1, -0.05) is 19.1 Å². The summed E-state index contributed by atoms with van der Waals surface area (Å²) in [4.78, 5) is 25.8. The number of ketones is 1. The summed E-state index contributed by atoms with van der Waals surface area (Å²) < 4.78 is 32.4. The third-order valence-corrected chi connectivity index (χ3v) is 4.53. The Morgan fingerprint density at radius 2 is 1.88 bits per heavy atom. The molecule has 0 saturated heterocycles. The van der Waals surface area contributed by atoms with Gasteiger partial charge in [-0.25, -0.2) is 8.78 Å². The van der Waals surface area contributed by atoms with Crippen LogP contribution in [0, 0.1) is 11.6 Å². The van der Waals surface area contributed by atoms with Gasteiger partial charge >= 0.3 is 0 Å². The predicted molar refractivity (Wildman–Crippen MR) is 92.1 cm³/mol. The average Bonchev–Trinajstić information content (AvgIpc) is 2.91. The molecule has 0 saturated carbocycles. The molecule has 0 fully saturated rings. The molecule has 0 aliphatic heterocycles. The maximum atomic E-state index is 14.0. The maximum absolute atomic E-state index is 14.0. The number of nitrogens with zero attached hydrogens (tertiary/aromatic N) is 1. The second-order valence-corrected chi connectivity index (χ2v) is 6.53. The molecule has 2 aromatic rings. The number of hydrogen-bond donors (Lipinski definition) is 0. The summed E-state index contributed by atoms with van der Waals surface area (Å²) in [6.45, 7) is 1.83. The zero-order valence-corrected chi connectivity index (χ0v) is 14.6. The second-order valence-electron chi connectivity index (χ2n) is 6.53. The highest BCUT2D eigenvalue weighted by Crippen LogP contribution is 2.39. The van der Waals surface area contributed by atoms with Crippen molar-refractivity contribution in [2.45, 2.75) is 25.8 Å². The molecule has 1 atom stereocenters. The van der Waals surface area contributed by atoms with Crippen LogP contribution in [0.25, 0.3) is 0 Å². The van der Waals surface area contributed by atoms with Crippen LogP contribution in [-0.2, 0) is 11.3 Å². The molecule has 0 aromatic heterocycles. The number of amides is 1. The molecule has 0 radical (unpaired) electrons. The van der Waals surface area contributed by atoms with E-state index in [0.717, 1.165) is 5.56 Å². The Kier molecular flexibility index (Phi) is 5.02. The fourth-order valence-electron chi connectivity index (χ4n) is 3.15. The van der Waals surface area contributed by atoms with E-state index in [9.17, 15) is 18.4 Å². The summed E-state index contributed by atoms with van der Waals surface area (Å²) in [6, 6.07) is 8.52. The minimum absolute atomic E-state index is 0.172. The van der Waals surface area contributed by atoms with Crippen LogP contribution < -0.4 is 4.74 Å². The topological polar surface area (TPSA) is 46.6 Å². The largest absolute Gasteiger partial charge is 0.483 e. The Labute approximate surface area is 150 Å². The number of carbonyl (C=O) groups is 2. The van der Waals surface area contributed by atoms with Crippen molar-refractivity contribution < 1.29 is 23.1 Å². The molecule has 136 valence electrons. The van der Waals surface area contributed by atoms with E-state index in [1.807, 2.05) is 0 Å². The fraction of sp³-hybridized carbons (Fsp3) is 0.300. The maximum Gasteiger partial charge on any atom is 0.260 e. The number of fused-ring (bicyclic) bond motifs is 1. The van der Waals surface area contributed by atoms with Crippen molar-refractivity contribution in [3.63, 3.8) is 0 Å². The van der Waals surface area contributed by atoms with Crippen molar-refractivity contribution in [3.05, 3.63) is 64.7 Å². The molecule has 0 spiro atoms. The number of likely N-dealkylation sites (N-methyl/N-ethyl adjacent to an activating group) is 1. The van der Waals surface area contributed by atoms with Crippen molar-refractivity contribution in [2.75, 3.05) is 13.7 Å². The Morgan fingerprint density at radius 3 is 2.58 bits per heavy atom. The Morgan fingerprint density at radius 1 is 1.19 bits per heavy atom. The zero-order valence-electron chi connectivity index (χ0n) is 14.6. The number of benzene rings is 2. The molecule has 3 rings (SSSR count). The molecule has 0 unspecified atom stereocenters. The first-order chi connectivity index (χ1) is 12.4. The quantitative estimate of drug-likeness (QED) is 0.818. The number of ether oxygens (including phenoxy) is 1. The molecule has 1 amide bonds. The molecule has 6 heteroatoms. The SMILES string of the molecule is C[C@H]1CC(=O)c2c(OCC(=O)N(C)Cc3ccc(F)cc3)ccc(F)c21. The summed E-state index contributed by atoms with van der Waals surface area (Å²) >= 11 is 0. The predicted octanol–water partition coefficient (Wildman–Crippen LogP) is 3.69. The van der Waals surface area contributed by atoms with Gasteiger partial charge < -0.3 is 9.64 Å². The summed E-state index contributed by atoms with van der Waals surface area (Å²) in [5.74, 6) is -1.20. The van der Waals surface area contributed by atoms with Gasteiger partial charge in [-0.2, -0.15) is 0 Å². The van der Waals surface area contributed by atoms with E-state index < -0.39 is 5.82 Å². The van der Waals surface area contributed by atoms with Gasteiger partial charge in [0.2, 0.25) is 0 Å². The third-order valence-electron chi connectivity index (χ3n) is 4.53. The number of rotatable bonds is 5. The molecule has 0 heterocycles. The standard InChI is InChI=1S/C20H19F2NO3/c1-12-9-16(24)20-17(8-7-15(22)19(12)20)26-11-18(25)23(2)10-13-3-5-14(21)6-4-13/h3-8,12H,9-11H2,1-2H3/t12-/m0/s1. The van der Waals surface area contributed by atoms with Crippen LogP contribution in [-0.4, -0.2) is 30.2 Å². The highest BCUT2D eigenvalue weighted by Gasteiger charge is 2.32. The van der Waals surface area contributed by atoms with Gasteiger partial charge in [0.1, 0.15) is 17.4 Å². The van der Waals surface area contributed by atoms with E-state index in [1.165, 1.54) is 29.2 Å². The molecule has 0 N–H and O–H groups in total. The minimum Gasteiger partial charge on any atom is -0.483 e. The van der Waals surface area contributed by atoms with Gasteiger partial charge in [-0.3, -0.25) is 9.59 Å². The third kappa shape index (κ3) is 3.59. The minimum atomic E-state index is -0.426. The van der Waals surface area contributed by atoms with Crippen LogP contribution in [0.2, 0.25) is 0 Å². The smallest absolute Gasteiger partial charge is 0.260 e. The van der Waals surface area contributed by atoms with Crippen molar-refractivity contribution in [1.82, 2.24) is 4.90 Å². The normalized spacial score (nSPS) is 15.7. The van der Waals surface area contributed by atoms with E-state index in [0.29, 0.717) is 12.1 Å². The zero-order chi connectivity index (χ0) is 18.8. The van der Waals surface area contributed by atoms with Crippen molar-refractivity contribution >= 4 is 11.7 Å². The van der Waals surface area contributed by atoms with Gasteiger partial charge in [0.15, 0.2) is 12.4 Å². The summed E-state index contributed by atoms with van der Waals surface area (Å²) in [7, 11) is 1.61. The lowest BCUT2D eigenvalue weighted by Gasteiger charge is -2.18. The highest BCUT2D eigenvalue weighted by atomic mass is 19.1. The molecular formula is C20H19F2NO3. The Bertz CT molecular complexity index is 849. The van der Waals surface area contributed by atoms with Gasteiger partial charge in [0.05, 0.1) is 5.56 Å². The van der Waals surface area contributed by atoms with E-state index in [4.69, 9.17) is 4.74 Å². The number of halogens is 2. The van der Waals surface area contributed by atoms with Gasteiger partial charge in [0, 0.05) is 25.6 Å². The molecule has 2 aromatic carbocycles.